The lowest BCUT2D eigenvalue weighted by molar-refractivity contribution is -0.175. The second-order valence-electron chi connectivity index (χ2n) is 13.9. The highest BCUT2D eigenvalue weighted by molar-refractivity contribution is 5.83. The molecule has 6 fully saturated rings. The first-order valence-corrected chi connectivity index (χ1v) is 16.5. The van der Waals surface area contributed by atoms with E-state index in [1.54, 1.807) is 14.2 Å². The van der Waals surface area contributed by atoms with Crippen molar-refractivity contribution in [3.05, 3.63) is 0 Å². The Kier molecular flexibility index (Phi) is 9.07. The number of nitrogens with one attached hydrogen (secondary N) is 2. The Morgan fingerprint density at radius 3 is 2.60 bits per heavy atom. The first kappa shape index (κ1) is 28.9. The van der Waals surface area contributed by atoms with Gasteiger partial charge in [0.05, 0.1) is 30.3 Å². The molecule has 8 nitrogen and oxygen atoms in total. The highest BCUT2D eigenvalue weighted by Crippen LogP contribution is 2.54. The zero-order valence-electron chi connectivity index (χ0n) is 25.0. The summed E-state index contributed by atoms with van der Waals surface area (Å²) in [5.74, 6) is 2.30. The molecule has 11 atom stereocenters. The minimum absolute atomic E-state index is 0.0154. The second-order valence-corrected chi connectivity index (χ2v) is 13.9. The predicted molar refractivity (Wildman–Crippen MR) is 153 cm³/mol. The molecule has 3 saturated carbocycles. The molecule has 2 amide bonds. The van der Waals surface area contributed by atoms with Crippen LogP contribution in [-0.4, -0.2) is 86.6 Å². The van der Waals surface area contributed by atoms with Crippen LogP contribution in [0.1, 0.15) is 90.4 Å². The zero-order valence-corrected chi connectivity index (χ0v) is 25.0. The van der Waals surface area contributed by atoms with E-state index in [1.807, 2.05) is 0 Å². The summed E-state index contributed by atoms with van der Waals surface area (Å²) in [6.45, 7) is 3.29. The average Bonchev–Trinajstić information content (AvgIpc) is 3.32. The average molecular weight is 560 g/mol. The molecule has 3 aliphatic heterocycles. The highest BCUT2D eigenvalue weighted by Gasteiger charge is 2.64. The molecule has 3 saturated heterocycles. The van der Waals surface area contributed by atoms with Crippen LogP contribution in [0.15, 0.2) is 0 Å². The highest BCUT2D eigenvalue weighted by atomic mass is 16.5. The quantitative estimate of drug-likeness (QED) is 0.448. The maximum atomic E-state index is 14.2. The van der Waals surface area contributed by atoms with Crippen LogP contribution in [0.5, 0.6) is 0 Å². The fourth-order valence-electron chi connectivity index (χ4n) is 10.0. The van der Waals surface area contributed by atoms with Crippen LogP contribution >= 0.6 is 0 Å². The Bertz CT molecular complexity index is 896. The van der Waals surface area contributed by atoms with Crippen molar-refractivity contribution in [2.24, 2.45) is 29.6 Å². The van der Waals surface area contributed by atoms with Crippen molar-refractivity contribution >= 4 is 11.8 Å². The molecule has 0 aromatic carbocycles. The van der Waals surface area contributed by atoms with E-state index in [2.05, 4.69) is 22.5 Å². The van der Waals surface area contributed by atoms with Crippen LogP contribution < -0.4 is 10.6 Å². The van der Waals surface area contributed by atoms with Crippen molar-refractivity contribution < 1.29 is 23.8 Å². The number of hydrogen-bond donors (Lipinski definition) is 2. The molecule has 0 bridgehead atoms. The molecule has 3 aliphatic carbocycles. The third kappa shape index (κ3) is 5.47. The van der Waals surface area contributed by atoms with Crippen LogP contribution in [0.4, 0.5) is 0 Å². The fraction of sp³-hybridized carbons (Fsp3) is 0.938. The van der Waals surface area contributed by atoms with Crippen LogP contribution in [-0.2, 0) is 23.8 Å². The van der Waals surface area contributed by atoms with Crippen LogP contribution in [0, 0.1) is 29.6 Å². The van der Waals surface area contributed by atoms with E-state index in [4.69, 9.17) is 14.2 Å². The van der Waals surface area contributed by atoms with Crippen molar-refractivity contribution in [2.45, 2.75) is 133 Å². The van der Waals surface area contributed by atoms with Crippen molar-refractivity contribution in [3.63, 3.8) is 0 Å². The third-order valence-corrected chi connectivity index (χ3v) is 11.8. The molecule has 6 aliphatic rings. The largest absolute Gasteiger partial charge is 0.379 e. The van der Waals surface area contributed by atoms with Crippen molar-refractivity contribution in [1.82, 2.24) is 15.5 Å². The van der Waals surface area contributed by atoms with Gasteiger partial charge in [-0.15, -0.1) is 0 Å². The molecule has 8 heteroatoms. The maximum Gasteiger partial charge on any atom is 0.246 e. The predicted octanol–water partition coefficient (Wildman–Crippen LogP) is 3.66. The summed E-state index contributed by atoms with van der Waals surface area (Å²) in [7, 11) is 3.48. The van der Waals surface area contributed by atoms with E-state index in [-0.39, 0.29) is 54.9 Å². The van der Waals surface area contributed by atoms with Gasteiger partial charge in [0.15, 0.2) is 0 Å². The number of methoxy groups -OCH3 is 2. The standard InChI is InChI=1S/C32H53N3O5/c1-19(9-10-20-7-5-4-6-8-20)34-27(36)18-40-21-11-13-25-24(17-21)22-15-16-33-29-23-12-14-26(38-2)31(39-3)28(23)32(37)35(25)30(22)29/h19-26,28-31,33H,4-18H2,1-3H3,(H,34,36)/t19-,21?,22?,23?,24?,25?,26?,28?,29?,30?,31?/m1/s1. The van der Waals surface area contributed by atoms with Gasteiger partial charge in [0, 0.05) is 32.3 Å². The SMILES string of the molecule is COC1CCC2C3NCCC4C5CC(OCC(=O)N[C@H](C)CCC6CCCCC6)CCC5N(C(=O)C2C1OC)C43. The minimum atomic E-state index is -0.179. The number of fused-ring (bicyclic) bond motifs is 5. The number of amides is 2. The number of piperidine rings is 2. The second kappa shape index (κ2) is 12.6. The summed E-state index contributed by atoms with van der Waals surface area (Å²) in [4.78, 5) is 29.2. The van der Waals surface area contributed by atoms with Gasteiger partial charge in [-0.3, -0.25) is 9.59 Å². The van der Waals surface area contributed by atoms with E-state index in [9.17, 15) is 9.59 Å². The summed E-state index contributed by atoms with van der Waals surface area (Å²) in [6.07, 6.45) is 14.9. The van der Waals surface area contributed by atoms with Gasteiger partial charge >= 0.3 is 0 Å². The van der Waals surface area contributed by atoms with Crippen LogP contribution in [0.3, 0.4) is 0 Å². The molecular formula is C32H53N3O5. The van der Waals surface area contributed by atoms with Crippen LogP contribution in [0.2, 0.25) is 0 Å². The Hall–Kier alpha value is -1.22. The molecule has 40 heavy (non-hydrogen) atoms. The number of rotatable bonds is 9. The summed E-state index contributed by atoms with van der Waals surface area (Å²) >= 11 is 0. The van der Waals surface area contributed by atoms with E-state index < -0.39 is 0 Å². The number of nitrogens with zero attached hydrogens (tertiary/aromatic N) is 1. The molecule has 6 rings (SSSR count). The maximum absolute atomic E-state index is 14.2. The molecule has 226 valence electrons. The Labute approximate surface area is 241 Å². The number of carbonyl (C=O) groups is 2. The molecule has 0 spiro atoms. The van der Waals surface area contributed by atoms with Gasteiger partial charge in [-0.05, 0) is 88.5 Å². The topological polar surface area (TPSA) is 89.1 Å². The van der Waals surface area contributed by atoms with Gasteiger partial charge in [-0.25, -0.2) is 0 Å². The van der Waals surface area contributed by atoms with Gasteiger partial charge in [0.25, 0.3) is 0 Å². The fourth-order valence-corrected chi connectivity index (χ4v) is 10.0. The molecule has 0 aromatic heterocycles. The lowest BCUT2D eigenvalue weighted by atomic mass is 9.64. The Morgan fingerprint density at radius 1 is 1.00 bits per heavy atom. The number of hydrogen-bond acceptors (Lipinski definition) is 6. The van der Waals surface area contributed by atoms with Gasteiger partial charge in [0.2, 0.25) is 11.8 Å². The van der Waals surface area contributed by atoms with Gasteiger partial charge in [0.1, 0.15) is 6.61 Å². The van der Waals surface area contributed by atoms with Gasteiger partial charge < -0.3 is 29.7 Å². The summed E-state index contributed by atoms with van der Waals surface area (Å²) < 4.78 is 18.0. The third-order valence-electron chi connectivity index (χ3n) is 11.8. The molecule has 0 aromatic rings. The smallest absolute Gasteiger partial charge is 0.246 e. The normalized spacial score (nSPS) is 42.1. The summed E-state index contributed by atoms with van der Waals surface area (Å²) in [5, 5.41) is 7.04. The van der Waals surface area contributed by atoms with Gasteiger partial charge in [-0.2, -0.15) is 0 Å². The zero-order chi connectivity index (χ0) is 27.8. The Morgan fingerprint density at radius 2 is 1.82 bits per heavy atom. The lowest BCUT2D eigenvalue weighted by Crippen LogP contribution is -2.70. The van der Waals surface area contributed by atoms with E-state index >= 15 is 0 Å². The molecule has 3 heterocycles. The molecule has 0 radical (unpaired) electrons. The first-order chi connectivity index (χ1) is 19.5. The molecular weight excluding hydrogens is 506 g/mol. The van der Waals surface area contributed by atoms with E-state index in [0.29, 0.717) is 29.7 Å². The summed E-state index contributed by atoms with van der Waals surface area (Å²) in [5.41, 5.74) is 0. The van der Waals surface area contributed by atoms with Gasteiger partial charge in [-0.1, -0.05) is 32.1 Å². The first-order valence-electron chi connectivity index (χ1n) is 16.5. The summed E-state index contributed by atoms with van der Waals surface area (Å²) in [6, 6.07) is 1.10. The van der Waals surface area contributed by atoms with E-state index in [0.717, 1.165) is 57.4 Å². The minimum Gasteiger partial charge on any atom is -0.379 e. The monoisotopic (exact) mass is 559 g/mol. The lowest BCUT2D eigenvalue weighted by Gasteiger charge is -2.55. The molecule has 2 N–H and O–H groups in total. The van der Waals surface area contributed by atoms with Crippen molar-refractivity contribution in [3.8, 4) is 0 Å². The number of carbonyl (C=O) groups excluding carboxylic acids is 2. The van der Waals surface area contributed by atoms with Crippen molar-refractivity contribution in [2.75, 3.05) is 27.4 Å². The Balaban J connectivity index is 1.05. The van der Waals surface area contributed by atoms with E-state index in [1.165, 1.54) is 38.5 Å². The van der Waals surface area contributed by atoms with Crippen molar-refractivity contribution in [1.29, 1.82) is 0 Å². The molecule has 10 unspecified atom stereocenters. The number of ether oxygens (including phenoxy) is 3. The van der Waals surface area contributed by atoms with Crippen LogP contribution in [0.25, 0.3) is 0 Å².